The fourth-order valence-electron chi connectivity index (χ4n) is 4.58. The highest BCUT2D eigenvalue weighted by Crippen LogP contribution is 2.43. The number of pyridine rings is 1. The van der Waals surface area contributed by atoms with Crippen LogP contribution in [0.4, 0.5) is 11.8 Å². The predicted molar refractivity (Wildman–Crippen MR) is 157 cm³/mol. The average molecular weight is 593 g/mol. The van der Waals surface area contributed by atoms with Gasteiger partial charge in [-0.1, -0.05) is 18.2 Å². The van der Waals surface area contributed by atoms with E-state index in [9.17, 15) is 4.79 Å². The average Bonchev–Trinajstić information content (AvgIpc) is 3.38. The van der Waals surface area contributed by atoms with Crippen LogP contribution in [0.3, 0.4) is 0 Å². The Kier molecular flexibility index (Phi) is 10.1. The van der Waals surface area contributed by atoms with Crippen LogP contribution in [-0.2, 0) is 19.0 Å². The molecule has 1 saturated heterocycles. The van der Waals surface area contributed by atoms with Gasteiger partial charge in [0.2, 0.25) is 11.9 Å². The summed E-state index contributed by atoms with van der Waals surface area (Å²) in [6.07, 6.45) is 4.69. The number of aromatic nitrogens is 3. The summed E-state index contributed by atoms with van der Waals surface area (Å²) in [5, 5.41) is 10.2. The van der Waals surface area contributed by atoms with Crippen LogP contribution in [0.25, 0.3) is 10.9 Å². The molecule has 1 aliphatic heterocycles. The molecule has 216 valence electrons. The Bertz CT molecular complexity index is 1300. The summed E-state index contributed by atoms with van der Waals surface area (Å²) in [5.74, 6) is 1.36. The first kappa shape index (κ1) is 29.9. The Labute approximate surface area is 244 Å². The molecule has 1 fully saturated rings. The van der Waals surface area contributed by atoms with E-state index in [1.165, 1.54) is 6.08 Å². The predicted octanol–water partition coefficient (Wildman–Crippen LogP) is 3.06. The van der Waals surface area contributed by atoms with Gasteiger partial charge in [-0.3, -0.25) is 4.79 Å². The highest BCUT2D eigenvalue weighted by atomic mass is 35.5. The molecule has 4 atom stereocenters. The molecule has 0 radical (unpaired) electrons. The van der Waals surface area contributed by atoms with Crippen molar-refractivity contribution in [1.82, 2.24) is 25.2 Å². The van der Waals surface area contributed by atoms with Crippen molar-refractivity contribution in [3.63, 3.8) is 0 Å². The fraction of sp³-hybridized carbons (Fsp3) is 0.481. The number of rotatable bonds is 12. The number of ether oxygens (including phenoxy) is 3. The van der Waals surface area contributed by atoms with E-state index in [4.69, 9.17) is 47.4 Å². The Balaban J connectivity index is 1.64. The van der Waals surface area contributed by atoms with Gasteiger partial charge in [0.15, 0.2) is 5.82 Å². The van der Waals surface area contributed by atoms with E-state index >= 15 is 0 Å². The third kappa shape index (κ3) is 6.77. The number of likely N-dealkylation sites (N-methyl/N-ethyl adjacent to an activating group) is 1. The van der Waals surface area contributed by atoms with Crippen LogP contribution in [0.5, 0.6) is 0 Å². The van der Waals surface area contributed by atoms with Crippen LogP contribution in [0.2, 0.25) is 0 Å². The van der Waals surface area contributed by atoms with Gasteiger partial charge in [0.1, 0.15) is 22.4 Å². The Morgan fingerprint density at radius 1 is 1.25 bits per heavy atom. The van der Waals surface area contributed by atoms with Crippen LogP contribution in [0, 0.1) is 5.92 Å². The number of methoxy groups -OCH3 is 2. The largest absolute Gasteiger partial charge is 0.499 e. The quantitative estimate of drug-likeness (QED) is 0.250. The van der Waals surface area contributed by atoms with E-state index in [0.29, 0.717) is 65.8 Å². The molecule has 0 aromatic carbocycles. The minimum Gasteiger partial charge on any atom is -0.499 e. The maximum absolute atomic E-state index is 11.8. The van der Waals surface area contributed by atoms with Crippen molar-refractivity contribution in [2.24, 2.45) is 5.92 Å². The molecule has 0 bridgehead atoms. The molecule has 2 aromatic heterocycles. The number of alkyl halides is 1. The number of anilines is 2. The Morgan fingerprint density at radius 3 is 2.75 bits per heavy atom. The molecule has 4 rings (SSSR count). The normalized spacial score (nSPS) is 22.7. The highest BCUT2D eigenvalue weighted by Gasteiger charge is 2.36. The molecule has 4 unspecified atom stereocenters. The second-order valence-electron chi connectivity index (χ2n) is 9.80. The molecule has 1 amide bonds. The first-order valence-electron chi connectivity index (χ1n) is 12.9. The van der Waals surface area contributed by atoms with Crippen molar-refractivity contribution in [1.29, 1.82) is 0 Å². The van der Waals surface area contributed by atoms with Crippen LogP contribution in [0.15, 0.2) is 47.5 Å². The summed E-state index contributed by atoms with van der Waals surface area (Å²) < 4.78 is 16.6. The lowest BCUT2D eigenvalue weighted by molar-refractivity contribution is -0.117. The van der Waals surface area contributed by atoms with E-state index in [0.717, 1.165) is 11.9 Å². The van der Waals surface area contributed by atoms with Gasteiger partial charge in [0, 0.05) is 43.2 Å². The second kappa shape index (κ2) is 13.5. The number of carbonyl (C=O) groups is 1. The number of amides is 1. The molecule has 2 aromatic rings. The van der Waals surface area contributed by atoms with Gasteiger partial charge in [-0.05, 0) is 26.2 Å². The molecule has 13 heteroatoms. The fourth-order valence-corrected chi connectivity index (χ4v) is 5.42. The third-order valence-electron chi connectivity index (χ3n) is 6.79. The van der Waals surface area contributed by atoms with E-state index in [1.54, 1.807) is 26.5 Å². The number of hydrogen-bond acceptors (Lipinski definition) is 10. The first-order valence-corrected chi connectivity index (χ1v) is 13.7. The minimum absolute atomic E-state index is 0.0558. The van der Waals surface area contributed by atoms with E-state index < -0.39 is 11.3 Å². The van der Waals surface area contributed by atoms with Gasteiger partial charge in [0.05, 0.1) is 50.1 Å². The number of nitrogens with zero attached hydrogens (tertiary/aromatic N) is 4. The Hall–Kier alpha value is -3.12. The van der Waals surface area contributed by atoms with Crippen LogP contribution >= 0.6 is 23.2 Å². The number of allylic oxidation sites excluding steroid dienone is 3. The van der Waals surface area contributed by atoms with Crippen LogP contribution in [0.1, 0.15) is 11.6 Å². The van der Waals surface area contributed by atoms with E-state index in [-0.39, 0.29) is 17.9 Å². The monoisotopic (exact) mass is 591 g/mol. The highest BCUT2D eigenvalue weighted by molar-refractivity contribution is 6.33. The summed E-state index contributed by atoms with van der Waals surface area (Å²) in [6.45, 7) is 6.42. The standard InChI is InChI=1S/C27H35Cl2N7O4/c1-6-21(37)33-18-14-40-13-16(18)12-32-27-31-11-15-9-17(34-26(25(15)35-27)30-7-8-36(2)3)22-23(28)19(38-4)10-20(39-5)24(22)29/h6,9-11,16,18,22-23H,1,7-8,12-14H2,2-5H3,(H,30,34)(H,33,37)(H,31,32,35). The molecule has 40 heavy (non-hydrogen) atoms. The van der Waals surface area contributed by atoms with Gasteiger partial charge in [-0.25, -0.2) is 15.0 Å². The zero-order valence-electron chi connectivity index (χ0n) is 23.0. The molecule has 1 aliphatic carbocycles. The van der Waals surface area contributed by atoms with Crippen molar-refractivity contribution in [2.45, 2.75) is 17.3 Å². The van der Waals surface area contributed by atoms with Gasteiger partial charge < -0.3 is 35.1 Å². The number of nitrogens with one attached hydrogen (secondary N) is 3. The lowest BCUT2D eigenvalue weighted by atomic mass is 9.93. The summed E-state index contributed by atoms with van der Waals surface area (Å²) >= 11 is 13.6. The van der Waals surface area contributed by atoms with Gasteiger partial charge in [-0.15, -0.1) is 11.6 Å². The van der Waals surface area contributed by atoms with Crippen molar-refractivity contribution >= 4 is 51.8 Å². The Morgan fingerprint density at radius 2 is 2.05 bits per heavy atom. The summed E-state index contributed by atoms with van der Waals surface area (Å²) in [7, 11) is 7.11. The zero-order chi connectivity index (χ0) is 28.8. The lowest BCUT2D eigenvalue weighted by Gasteiger charge is -2.28. The first-order chi connectivity index (χ1) is 19.2. The topological polar surface area (TPSA) is 123 Å². The second-order valence-corrected chi connectivity index (χ2v) is 10.7. The molecule has 0 saturated carbocycles. The minimum atomic E-state index is -0.582. The van der Waals surface area contributed by atoms with E-state index in [2.05, 4.69) is 32.4 Å². The van der Waals surface area contributed by atoms with Gasteiger partial charge >= 0.3 is 0 Å². The van der Waals surface area contributed by atoms with Gasteiger partial charge in [0.25, 0.3) is 0 Å². The van der Waals surface area contributed by atoms with Crippen molar-refractivity contribution in [2.75, 3.05) is 71.8 Å². The molecular weight excluding hydrogens is 557 g/mol. The maximum atomic E-state index is 11.8. The smallest absolute Gasteiger partial charge is 0.243 e. The van der Waals surface area contributed by atoms with E-state index in [1.807, 2.05) is 20.2 Å². The van der Waals surface area contributed by atoms with Crippen LogP contribution < -0.4 is 16.0 Å². The molecule has 0 spiro atoms. The maximum Gasteiger partial charge on any atom is 0.243 e. The lowest BCUT2D eigenvalue weighted by Crippen LogP contribution is -2.41. The molecule has 11 nitrogen and oxygen atoms in total. The number of halogens is 2. The molecule has 3 N–H and O–H groups in total. The summed E-state index contributed by atoms with van der Waals surface area (Å²) in [5.41, 5.74) is 1.28. The number of carbonyl (C=O) groups excluding carboxylic acids is 1. The number of hydrogen-bond donors (Lipinski definition) is 3. The molecular formula is C27H35Cl2N7O4. The van der Waals surface area contributed by atoms with Crippen molar-refractivity contribution < 1.29 is 19.0 Å². The van der Waals surface area contributed by atoms with Crippen molar-refractivity contribution in [3.05, 3.63) is 53.2 Å². The number of fused-ring (bicyclic) bond motifs is 1. The third-order valence-corrected chi connectivity index (χ3v) is 7.68. The zero-order valence-corrected chi connectivity index (χ0v) is 24.6. The van der Waals surface area contributed by atoms with Gasteiger partial charge in [-0.2, -0.15) is 0 Å². The van der Waals surface area contributed by atoms with Crippen LogP contribution in [-0.4, -0.2) is 98.3 Å². The molecule has 3 heterocycles. The summed E-state index contributed by atoms with van der Waals surface area (Å²) in [6, 6.07) is 1.77. The SMILES string of the molecule is C=CC(=O)NC1COCC1CNc1ncc2cc(C3C(Cl)=C(OC)C=C(OC)C3Cl)nc(NCCN(C)C)c2n1. The van der Waals surface area contributed by atoms with Crippen molar-refractivity contribution in [3.8, 4) is 0 Å². The molecule has 2 aliphatic rings. The summed E-state index contributed by atoms with van der Waals surface area (Å²) in [4.78, 5) is 28.1.